The van der Waals surface area contributed by atoms with E-state index in [1.807, 2.05) is 12.1 Å². The van der Waals surface area contributed by atoms with Gasteiger partial charge < -0.3 is 0 Å². The lowest BCUT2D eigenvalue weighted by Crippen LogP contribution is -2.43. The van der Waals surface area contributed by atoms with Gasteiger partial charge in [-0.15, -0.1) is 0 Å². The van der Waals surface area contributed by atoms with Crippen molar-refractivity contribution in [2.45, 2.75) is 0 Å². The van der Waals surface area contributed by atoms with Gasteiger partial charge in [0.05, 0.1) is 7.05 Å². The van der Waals surface area contributed by atoms with Crippen molar-refractivity contribution < 1.29 is 4.98 Å². The van der Waals surface area contributed by atoms with Crippen LogP contribution in [0.5, 0.6) is 0 Å². The normalized spacial score (nSPS) is 11.0. The molecule has 0 aliphatic carbocycles. The molecule has 0 spiro atoms. The van der Waals surface area contributed by atoms with E-state index < -0.39 is 16.9 Å². The number of aryl methyl sites for hydroxylation is 1. The maximum atomic E-state index is 12.5. The van der Waals surface area contributed by atoms with Crippen LogP contribution in [0.4, 0.5) is 0 Å². The van der Waals surface area contributed by atoms with E-state index in [2.05, 4.69) is 25.9 Å². The molecular weight excluding hydrogens is 352 g/mol. The highest BCUT2D eigenvalue weighted by molar-refractivity contribution is 9.10. The number of aromatic nitrogens is 4. The first-order valence-electron chi connectivity index (χ1n) is 6.41. The molecule has 2 aromatic heterocycles. The first-order chi connectivity index (χ1) is 10.4. The zero-order chi connectivity index (χ0) is 16.0. The van der Waals surface area contributed by atoms with Crippen molar-refractivity contribution in [2.75, 3.05) is 0 Å². The predicted octanol–water partition coefficient (Wildman–Crippen LogP) is 0.169. The van der Waals surface area contributed by atoms with Gasteiger partial charge in [-0.3, -0.25) is 4.79 Å². The zero-order valence-electron chi connectivity index (χ0n) is 11.8. The summed E-state index contributed by atoms with van der Waals surface area (Å²) < 4.78 is 3.14. The van der Waals surface area contributed by atoms with Crippen molar-refractivity contribution in [1.82, 2.24) is 14.1 Å². The highest BCUT2D eigenvalue weighted by Gasteiger charge is 2.20. The fourth-order valence-corrected chi connectivity index (χ4v) is 2.63. The van der Waals surface area contributed by atoms with Crippen molar-refractivity contribution in [1.29, 1.82) is 0 Å². The minimum absolute atomic E-state index is 0.190. The SMILES string of the molecule is Cn1c(=O)c2c(-c3ccc(Br)cc3)[nH]c(=O)[nH+]c2n(C)c1=O. The number of hydrogen-bond donors (Lipinski definition) is 1. The third-order valence-electron chi connectivity index (χ3n) is 3.52. The molecule has 2 N–H and O–H groups in total. The monoisotopic (exact) mass is 363 g/mol. The third kappa shape index (κ3) is 2.12. The largest absolute Gasteiger partial charge is 0.439 e. The molecule has 0 amide bonds. The molecule has 0 radical (unpaired) electrons. The van der Waals surface area contributed by atoms with Crippen molar-refractivity contribution in [3.05, 3.63) is 60.1 Å². The van der Waals surface area contributed by atoms with Crippen LogP contribution < -0.4 is 21.9 Å². The van der Waals surface area contributed by atoms with Gasteiger partial charge in [-0.05, 0) is 12.1 Å². The minimum atomic E-state index is -0.499. The molecule has 0 bridgehead atoms. The average Bonchev–Trinajstić information content (AvgIpc) is 2.50. The molecule has 3 aromatic rings. The molecule has 8 heteroatoms. The van der Waals surface area contributed by atoms with E-state index in [-0.39, 0.29) is 11.0 Å². The van der Waals surface area contributed by atoms with E-state index in [1.165, 1.54) is 18.7 Å². The fraction of sp³-hybridized carbons (Fsp3) is 0.143. The van der Waals surface area contributed by atoms with Crippen LogP contribution >= 0.6 is 15.9 Å². The van der Waals surface area contributed by atoms with Crippen LogP contribution in [0.1, 0.15) is 0 Å². The third-order valence-corrected chi connectivity index (χ3v) is 4.05. The van der Waals surface area contributed by atoms with Gasteiger partial charge in [-0.2, -0.15) is 0 Å². The Labute approximate surface area is 132 Å². The van der Waals surface area contributed by atoms with Gasteiger partial charge in [0.15, 0.2) is 5.39 Å². The highest BCUT2D eigenvalue weighted by Crippen LogP contribution is 2.22. The zero-order valence-corrected chi connectivity index (χ0v) is 13.4. The number of aromatic amines is 2. The number of nitrogens with one attached hydrogen (secondary N) is 2. The van der Waals surface area contributed by atoms with Gasteiger partial charge in [0.25, 0.3) is 5.56 Å². The van der Waals surface area contributed by atoms with Gasteiger partial charge in [0.1, 0.15) is 5.69 Å². The Balaban J connectivity index is 2.56. The van der Waals surface area contributed by atoms with Crippen molar-refractivity contribution in [2.24, 2.45) is 14.1 Å². The molecule has 0 saturated carbocycles. The lowest BCUT2D eigenvalue weighted by atomic mass is 10.1. The lowest BCUT2D eigenvalue weighted by Gasteiger charge is -2.06. The second-order valence-electron chi connectivity index (χ2n) is 4.89. The first-order valence-corrected chi connectivity index (χ1v) is 7.20. The maximum Gasteiger partial charge on any atom is 0.439 e. The van der Waals surface area contributed by atoms with Crippen LogP contribution in [-0.2, 0) is 14.1 Å². The van der Waals surface area contributed by atoms with Crippen LogP contribution in [-0.4, -0.2) is 14.1 Å². The summed E-state index contributed by atoms with van der Waals surface area (Å²) in [6, 6.07) is 7.17. The second-order valence-corrected chi connectivity index (χ2v) is 5.81. The average molecular weight is 364 g/mol. The topological polar surface area (TPSA) is 91.0 Å². The molecule has 2 heterocycles. The Morgan fingerprint density at radius 1 is 1.05 bits per heavy atom. The van der Waals surface area contributed by atoms with Gasteiger partial charge in [-0.25, -0.2) is 28.7 Å². The Bertz CT molecular complexity index is 1060. The van der Waals surface area contributed by atoms with E-state index in [9.17, 15) is 14.4 Å². The Kier molecular flexibility index (Phi) is 3.32. The van der Waals surface area contributed by atoms with Crippen molar-refractivity contribution in [3.63, 3.8) is 0 Å². The molecule has 0 atom stereocenters. The summed E-state index contributed by atoms with van der Waals surface area (Å²) in [7, 11) is 2.91. The Morgan fingerprint density at radius 3 is 2.32 bits per heavy atom. The van der Waals surface area contributed by atoms with E-state index in [0.717, 1.165) is 9.04 Å². The van der Waals surface area contributed by atoms with Crippen molar-refractivity contribution >= 4 is 27.0 Å². The number of benzene rings is 1. The molecule has 3 rings (SSSR count). The van der Waals surface area contributed by atoms with E-state index in [4.69, 9.17) is 0 Å². The first kappa shape index (κ1) is 14.5. The highest BCUT2D eigenvalue weighted by atomic mass is 79.9. The van der Waals surface area contributed by atoms with Crippen LogP contribution in [0, 0.1) is 0 Å². The summed E-state index contributed by atoms with van der Waals surface area (Å²) >= 11 is 3.34. The predicted molar refractivity (Wildman–Crippen MR) is 84.7 cm³/mol. The summed E-state index contributed by atoms with van der Waals surface area (Å²) in [5, 5.41) is 0.256. The fourth-order valence-electron chi connectivity index (χ4n) is 2.36. The maximum absolute atomic E-state index is 12.5. The number of halogens is 1. The lowest BCUT2D eigenvalue weighted by molar-refractivity contribution is -0.374. The van der Waals surface area contributed by atoms with Gasteiger partial charge in [-0.1, -0.05) is 28.1 Å². The summed E-state index contributed by atoms with van der Waals surface area (Å²) in [4.78, 5) is 41.5. The Morgan fingerprint density at radius 2 is 1.68 bits per heavy atom. The van der Waals surface area contributed by atoms with Gasteiger partial charge in [0.2, 0.25) is 5.65 Å². The number of hydrogen-bond acceptors (Lipinski definition) is 3. The van der Waals surface area contributed by atoms with E-state index in [1.54, 1.807) is 12.1 Å². The standard InChI is InChI=1S/C14H11BrN4O3/c1-18-11-9(12(20)19(2)14(18)22)10(16-13(21)17-11)7-3-5-8(15)6-4-7/h3-6H,1-2H3,(H,16,17,21)/p+1. The quantitative estimate of drug-likeness (QED) is 0.667. The molecule has 0 fully saturated rings. The molecular formula is C14H12BrN4O3+. The van der Waals surface area contributed by atoms with E-state index >= 15 is 0 Å². The number of rotatable bonds is 1. The second kappa shape index (κ2) is 5.06. The minimum Gasteiger partial charge on any atom is -0.268 e. The van der Waals surface area contributed by atoms with Gasteiger partial charge in [0, 0.05) is 17.1 Å². The van der Waals surface area contributed by atoms with Crippen LogP contribution in [0.3, 0.4) is 0 Å². The number of nitrogens with zero attached hydrogens (tertiary/aromatic N) is 2. The Hall–Kier alpha value is -2.48. The molecule has 0 aliphatic heterocycles. The van der Waals surface area contributed by atoms with E-state index in [0.29, 0.717) is 11.3 Å². The van der Waals surface area contributed by atoms with Gasteiger partial charge >= 0.3 is 11.4 Å². The molecule has 22 heavy (non-hydrogen) atoms. The molecule has 1 aromatic carbocycles. The number of fused-ring (bicyclic) bond motifs is 1. The molecule has 0 unspecified atom stereocenters. The smallest absolute Gasteiger partial charge is 0.268 e. The summed E-state index contributed by atoms with van der Waals surface area (Å²) in [6.45, 7) is 0. The molecule has 112 valence electrons. The molecule has 0 aliphatic rings. The van der Waals surface area contributed by atoms with Crippen LogP contribution in [0.25, 0.3) is 22.3 Å². The molecule has 7 nitrogen and oxygen atoms in total. The summed E-state index contributed by atoms with van der Waals surface area (Å²) in [5.74, 6) is 0. The van der Waals surface area contributed by atoms with Crippen LogP contribution in [0.15, 0.2) is 43.1 Å². The number of H-pyrrole nitrogens is 2. The summed E-state index contributed by atoms with van der Waals surface area (Å²) in [6.07, 6.45) is 0. The van der Waals surface area contributed by atoms with Crippen molar-refractivity contribution in [3.8, 4) is 11.3 Å². The molecule has 0 saturated heterocycles. The van der Waals surface area contributed by atoms with Crippen LogP contribution in [0.2, 0.25) is 0 Å². The summed E-state index contributed by atoms with van der Waals surface area (Å²) in [5.41, 5.74) is -0.217.